The molecule has 0 unspecified atom stereocenters. The minimum Gasteiger partial charge on any atom is -0.495 e. The summed E-state index contributed by atoms with van der Waals surface area (Å²) in [5, 5.41) is 9.95. The van der Waals surface area contributed by atoms with Crippen LogP contribution in [0.1, 0.15) is 18.5 Å². The summed E-state index contributed by atoms with van der Waals surface area (Å²) in [6.07, 6.45) is -0.482. The zero-order valence-electron chi connectivity index (χ0n) is 20.2. The number of anilines is 2. The van der Waals surface area contributed by atoms with Crippen molar-refractivity contribution < 1.29 is 19.0 Å². The molecule has 0 saturated carbocycles. The highest BCUT2D eigenvalue weighted by Crippen LogP contribution is 2.32. The highest BCUT2D eigenvalue weighted by atomic mass is 16.6. The molecule has 0 bridgehead atoms. The van der Waals surface area contributed by atoms with Gasteiger partial charge < -0.3 is 24.0 Å². The molecule has 9 nitrogen and oxygen atoms in total. The number of aromatic nitrogens is 2. The van der Waals surface area contributed by atoms with E-state index in [1.807, 2.05) is 48.5 Å². The smallest absolute Gasteiger partial charge is 0.330 e. The molecular formula is C26H29N5O4. The molecule has 2 heterocycles. The van der Waals surface area contributed by atoms with Crippen LogP contribution in [0.4, 0.5) is 11.5 Å². The molecular weight excluding hydrogens is 446 g/mol. The maximum absolute atomic E-state index is 12.9. The first-order valence-electron chi connectivity index (χ1n) is 11.5. The molecule has 1 aliphatic rings. The lowest BCUT2D eigenvalue weighted by atomic mass is 10.1. The predicted molar refractivity (Wildman–Crippen MR) is 133 cm³/mol. The van der Waals surface area contributed by atoms with Crippen molar-refractivity contribution in [2.75, 3.05) is 56.8 Å². The van der Waals surface area contributed by atoms with E-state index in [0.717, 1.165) is 24.5 Å². The maximum Gasteiger partial charge on any atom is 0.330 e. The standard InChI is InChI=1S/C26H29N5O4/c1-18(17-33-2)35-26(32)19(16-27)24-25(29-21-9-5-4-8-20(21)28-24)31-14-12-30(13-15-31)22-10-6-7-11-23(22)34-3/h4-11,18-19H,12-15,17H2,1-3H3/t18-,19+/m1/s1. The van der Waals surface area contributed by atoms with Gasteiger partial charge in [0.15, 0.2) is 11.7 Å². The number of carbonyl (C=O) groups excluding carboxylic acids is 1. The number of benzene rings is 2. The van der Waals surface area contributed by atoms with Crippen molar-refractivity contribution in [3.05, 3.63) is 54.2 Å². The monoisotopic (exact) mass is 475 g/mol. The van der Waals surface area contributed by atoms with Crippen molar-refractivity contribution in [1.29, 1.82) is 5.26 Å². The number of hydrogen-bond acceptors (Lipinski definition) is 9. The molecule has 35 heavy (non-hydrogen) atoms. The van der Waals surface area contributed by atoms with E-state index >= 15 is 0 Å². The summed E-state index contributed by atoms with van der Waals surface area (Å²) in [5.41, 5.74) is 2.67. The number of esters is 1. The Hall–Kier alpha value is -3.90. The van der Waals surface area contributed by atoms with E-state index in [1.54, 1.807) is 14.0 Å². The number of rotatable bonds is 8. The Labute approximate surface area is 204 Å². The van der Waals surface area contributed by atoms with Gasteiger partial charge in [0, 0.05) is 33.3 Å². The highest BCUT2D eigenvalue weighted by molar-refractivity contribution is 5.85. The average Bonchev–Trinajstić information content (AvgIpc) is 2.89. The topological polar surface area (TPSA) is 101 Å². The molecule has 4 rings (SSSR count). The van der Waals surface area contributed by atoms with Crippen LogP contribution in [0, 0.1) is 11.3 Å². The molecule has 0 aliphatic carbocycles. The van der Waals surface area contributed by atoms with Crippen LogP contribution in [0.5, 0.6) is 5.75 Å². The van der Waals surface area contributed by atoms with Crippen molar-refractivity contribution in [2.24, 2.45) is 0 Å². The Morgan fingerprint density at radius 1 is 1.00 bits per heavy atom. The van der Waals surface area contributed by atoms with Gasteiger partial charge >= 0.3 is 5.97 Å². The Morgan fingerprint density at radius 2 is 1.63 bits per heavy atom. The summed E-state index contributed by atoms with van der Waals surface area (Å²) in [6, 6.07) is 17.5. The SMILES string of the molecule is COC[C@@H](C)OC(=O)[C@@H](C#N)c1nc2ccccc2nc1N1CCN(c2ccccc2OC)CC1. The highest BCUT2D eigenvalue weighted by Gasteiger charge is 2.32. The van der Waals surface area contributed by atoms with Crippen molar-refractivity contribution in [3.63, 3.8) is 0 Å². The predicted octanol–water partition coefficient (Wildman–Crippen LogP) is 3.15. The molecule has 3 aromatic rings. The third kappa shape index (κ3) is 5.28. The van der Waals surface area contributed by atoms with Crippen LogP contribution in [-0.2, 0) is 14.3 Å². The van der Waals surface area contributed by atoms with E-state index in [0.29, 0.717) is 35.6 Å². The largest absolute Gasteiger partial charge is 0.495 e. The Bertz CT molecular complexity index is 1220. The second-order valence-electron chi connectivity index (χ2n) is 8.33. The van der Waals surface area contributed by atoms with Gasteiger partial charge in [-0.1, -0.05) is 24.3 Å². The summed E-state index contributed by atoms with van der Waals surface area (Å²) in [6.45, 7) is 4.70. The van der Waals surface area contributed by atoms with Crippen LogP contribution in [-0.4, -0.2) is 69.0 Å². The molecule has 0 spiro atoms. The van der Waals surface area contributed by atoms with Crippen LogP contribution in [0.15, 0.2) is 48.5 Å². The summed E-state index contributed by atoms with van der Waals surface area (Å²) < 4.78 is 16.0. The summed E-state index contributed by atoms with van der Waals surface area (Å²) >= 11 is 0. The molecule has 1 saturated heterocycles. The van der Waals surface area contributed by atoms with Gasteiger partial charge in [-0.25, -0.2) is 9.97 Å². The van der Waals surface area contributed by atoms with Crippen LogP contribution < -0.4 is 14.5 Å². The van der Waals surface area contributed by atoms with E-state index in [-0.39, 0.29) is 6.61 Å². The number of ether oxygens (including phenoxy) is 3. The molecule has 9 heteroatoms. The quantitative estimate of drug-likeness (QED) is 0.455. The number of piperazine rings is 1. The van der Waals surface area contributed by atoms with Crippen LogP contribution in [0.25, 0.3) is 11.0 Å². The zero-order valence-corrected chi connectivity index (χ0v) is 20.2. The lowest BCUT2D eigenvalue weighted by Gasteiger charge is -2.38. The second kappa shape index (κ2) is 11.0. The number of para-hydroxylation sites is 4. The Balaban J connectivity index is 1.64. The summed E-state index contributed by atoms with van der Waals surface area (Å²) in [4.78, 5) is 26.8. The second-order valence-corrected chi connectivity index (χ2v) is 8.33. The molecule has 1 fully saturated rings. The van der Waals surface area contributed by atoms with E-state index < -0.39 is 18.0 Å². The number of fused-ring (bicyclic) bond motifs is 1. The van der Waals surface area contributed by atoms with Crippen LogP contribution in [0.2, 0.25) is 0 Å². The first-order chi connectivity index (χ1) is 17.0. The fraction of sp³-hybridized carbons (Fsp3) is 0.385. The fourth-order valence-electron chi connectivity index (χ4n) is 4.24. The molecule has 2 atom stereocenters. The third-order valence-electron chi connectivity index (χ3n) is 5.94. The molecule has 0 radical (unpaired) electrons. The van der Waals surface area contributed by atoms with Gasteiger partial charge in [-0.3, -0.25) is 4.79 Å². The minimum absolute atomic E-state index is 0.241. The summed E-state index contributed by atoms with van der Waals surface area (Å²) in [7, 11) is 3.20. The average molecular weight is 476 g/mol. The minimum atomic E-state index is -1.20. The lowest BCUT2D eigenvalue weighted by molar-refractivity contribution is -0.150. The van der Waals surface area contributed by atoms with Crippen molar-refractivity contribution in [2.45, 2.75) is 18.9 Å². The zero-order chi connectivity index (χ0) is 24.8. The molecule has 182 valence electrons. The van der Waals surface area contributed by atoms with Crippen molar-refractivity contribution in [3.8, 4) is 11.8 Å². The van der Waals surface area contributed by atoms with Crippen molar-refractivity contribution >= 4 is 28.5 Å². The van der Waals surface area contributed by atoms with Crippen LogP contribution in [0.3, 0.4) is 0 Å². The van der Waals surface area contributed by atoms with E-state index in [1.165, 1.54) is 7.11 Å². The molecule has 1 aromatic heterocycles. The Kier molecular flexibility index (Phi) is 7.63. The van der Waals surface area contributed by atoms with Gasteiger partial charge in [-0.2, -0.15) is 5.26 Å². The van der Waals surface area contributed by atoms with E-state index in [2.05, 4.69) is 15.9 Å². The van der Waals surface area contributed by atoms with E-state index in [9.17, 15) is 10.1 Å². The van der Waals surface area contributed by atoms with Gasteiger partial charge in [0.05, 0.1) is 36.5 Å². The van der Waals surface area contributed by atoms with Gasteiger partial charge in [0.1, 0.15) is 17.5 Å². The Morgan fingerprint density at radius 3 is 2.29 bits per heavy atom. The number of methoxy groups -OCH3 is 2. The van der Waals surface area contributed by atoms with Gasteiger partial charge in [-0.15, -0.1) is 0 Å². The van der Waals surface area contributed by atoms with Crippen LogP contribution >= 0.6 is 0 Å². The van der Waals surface area contributed by atoms with Gasteiger partial charge in [-0.05, 0) is 31.2 Å². The first-order valence-corrected chi connectivity index (χ1v) is 11.5. The normalized spacial score (nSPS) is 15.4. The molecule has 0 amide bonds. The first kappa shape index (κ1) is 24.2. The molecule has 2 aromatic carbocycles. The van der Waals surface area contributed by atoms with Crippen molar-refractivity contribution in [1.82, 2.24) is 9.97 Å². The number of nitriles is 1. The maximum atomic E-state index is 12.9. The molecule has 0 N–H and O–H groups in total. The number of carbonyl (C=O) groups is 1. The molecule has 1 aliphatic heterocycles. The summed E-state index contributed by atoms with van der Waals surface area (Å²) in [5.74, 6) is -0.500. The van der Waals surface area contributed by atoms with Gasteiger partial charge in [0.25, 0.3) is 0 Å². The number of nitrogens with zero attached hydrogens (tertiary/aromatic N) is 5. The lowest BCUT2D eigenvalue weighted by Crippen LogP contribution is -2.47. The fourth-order valence-corrected chi connectivity index (χ4v) is 4.24. The number of hydrogen-bond donors (Lipinski definition) is 0. The van der Waals surface area contributed by atoms with E-state index in [4.69, 9.17) is 24.2 Å². The third-order valence-corrected chi connectivity index (χ3v) is 5.94. The van der Waals surface area contributed by atoms with Gasteiger partial charge in [0.2, 0.25) is 0 Å².